The molecule has 0 saturated heterocycles. The summed E-state index contributed by atoms with van der Waals surface area (Å²) in [6.07, 6.45) is 1.23. The third kappa shape index (κ3) is 2.74. The second-order valence-corrected chi connectivity index (χ2v) is 2.89. The topological polar surface area (TPSA) is 59.2 Å². The average molecular weight is 181 g/mol. The van der Waals surface area contributed by atoms with Gasteiger partial charge in [0.25, 0.3) is 0 Å². The number of esters is 1. The van der Waals surface area contributed by atoms with Crippen molar-refractivity contribution in [2.75, 3.05) is 0 Å². The molecule has 0 saturated carbocycles. The summed E-state index contributed by atoms with van der Waals surface area (Å²) in [5.41, 5.74) is -0.0318. The van der Waals surface area contributed by atoms with Crippen molar-refractivity contribution in [2.24, 2.45) is 0 Å². The molecule has 1 N–H and O–H groups in total. The number of carbonyl (C=O) groups is 1. The number of hydrogen-bond donors (Lipinski definition) is 1. The van der Waals surface area contributed by atoms with Crippen molar-refractivity contribution in [3.63, 3.8) is 0 Å². The monoisotopic (exact) mass is 181 g/mol. The first-order chi connectivity index (χ1) is 6.09. The zero-order chi connectivity index (χ0) is 9.84. The first kappa shape index (κ1) is 9.51. The predicted molar refractivity (Wildman–Crippen MR) is 47.6 cm³/mol. The van der Waals surface area contributed by atoms with Gasteiger partial charge in [0, 0.05) is 18.3 Å². The van der Waals surface area contributed by atoms with E-state index in [1.165, 1.54) is 18.3 Å². The zero-order valence-corrected chi connectivity index (χ0v) is 7.53. The molecule has 13 heavy (non-hydrogen) atoms. The Morgan fingerprint density at radius 2 is 2.23 bits per heavy atom. The molecule has 1 aromatic heterocycles. The van der Waals surface area contributed by atoms with Crippen LogP contribution in [0.15, 0.2) is 23.1 Å². The number of pyridine rings is 1. The number of ether oxygens (including phenoxy) is 1. The summed E-state index contributed by atoms with van der Waals surface area (Å²) in [7, 11) is 0. The SMILES string of the molecule is CC(C)OC(=O)c1cc(=O)cc[nH]1. The lowest BCUT2D eigenvalue weighted by atomic mass is 10.3. The fourth-order valence-corrected chi connectivity index (χ4v) is 0.841. The number of aromatic amines is 1. The predicted octanol–water partition coefficient (Wildman–Crippen LogP) is 0.940. The maximum absolute atomic E-state index is 11.2. The highest BCUT2D eigenvalue weighted by atomic mass is 16.5. The van der Waals surface area contributed by atoms with Crippen LogP contribution in [0.25, 0.3) is 0 Å². The van der Waals surface area contributed by atoms with Crippen molar-refractivity contribution in [1.82, 2.24) is 4.98 Å². The van der Waals surface area contributed by atoms with Crippen LogP contribution >= 0.6 is 0 Å². The van der Waals surface area contributed by atoms with Gasteiger partial charge in [0.05, 0.1) is 6.10 Å². The van der Waals surface area contributed by atoms with Crippen LogP contribution in [0, 0.1) is 0 Å². The van der Waals surface area contributed by atoms with E-state index in [4.69, 9.17) is 4.74 Å². The molecule has 70 valence electrons. The van der Waals surface area contributed by atoms with Crippen LogP contribution in [0.1, 0.15) is 24.3 Å². The fraction of sp³-hybridized carbons (Fsp3) is 0.333. The van der Waals surface area contributed by atoms with E-state index in [0.29, 0.717) is 0 Å². The molecule has 1 heterocycles. The van der Waals surface area contributed by atoms with E-state index >= 15 is 0 Å². The molecule has 0 aliphatic carbocycles. The minimum absolute atomic E-state index is 0.182. The Kier molecular flexibility index (Phi) is 2.84. The lowest BCUT2D eigenvalue weighted by molar-refractivity contribution is 0.0370. The number of H-pyrrole nitrogens is 1. The van der Waals surface area contributed by atoms with Crippen LogP contribution < -0.4 is 5.43 Å². The minimum Gasteiger partial charge on any atom is -0.458 e. The maximum Gasteiger partial charge on any atom is 0.355 e. The van der Waals surface area contributed by atoms with Crippen LogP contribution in [-0.2, 0) is 4.74 Å². The summed E-state index contributed by atoms with van der Waals surface area (Å²) in [6, 6.07) is 2.55. The highest BCUT2D eigenvalue weighted by Crippen LogP contribution is 1.97. The van der Waals surface area contributed by atoms with Crippen molar-refractivity contribution in [3.8, 4) is 0 Å². The Hall–Kier alpha value is -1.58. The van der Waals surface area contributed by atoms with Gasteiger partial charge in [0.15, 0.2) is 5.43 Å². The van der Waals surface area contributed by atoms with E-state index in [9.17, 15) is 9.59 Å². The molecule has 0 atom stereocenters. The van der Waals surface area contributed by atoms with Gasteiger partial charge >= 0.3 is 5.97 Å². The fourth-order valence-electron chi connectivity index (χ4n) is 0.841. The van der Waals surface area contributed by atoms with Gasteiger partial charge in [-0.05, 0) is 13.8 Å². The Labute approximate surface area is 75.5 Å². The average Bonchev–Trinajstić information content (AvgIpc) is 2.03. The van der Waals surface area contributed by atoms with Gasteiger partial charge in [-0.2, -0.15) is 0 Å². The van der Waals surface area contributed by atoms with Crippen molar-refractivity contribution >= 4 is 5.97 Å². The second kappa shape index (κ2) is 3.89. The van der Waals surface area contributed by atoms with Crippen LogP contribution in [0.2, 0.25) is 0 Å². The molecule has 0 radical (unpaired) electrons. The summed E-state index contributed by atoms with van der Waals surface area (Å²) >= 11 is 0. The molecule has 4 heteroatoms. The Bertz CT molecular complexity index is 354. The molecule has 1 rings (SSSR count). The molecule has 0 bridgehead atoms. The van der Waals surface area contributed by atoms with E-state index in [0.717, 1.165) is 0 Å². The van der Waals surface area contributed by atoms with Crippen LogP contribution in [0.4, 0.5) is 0 Å². The summed E-state index contributed by atoms with van der Waals surface area (Å²) in [6.45, 7) is 3.50. The molecule has 0 fully saturated rings. The highest BCUT2D eigenvalue weighted by Gasteiger charge is 2.08. The number of nitrogens with one attached hydrogen (secondary N) is 1. The van der Waals surface area contributed by atoms with E-state index in [2.05, 4.69) is 4.98 Å². The minimum atomic E-state index is -0.507. The van der Waals surface area contributed by atoms with Crippen molar-refractivity contribution < 1.29 is 9.53 Å². The Morgan fingerprint density at radius 3 is 2.77 bits per heavy atom. The van der Waals surface area contributed by atoms with Gasteiger partial charge in [-0.25, -0.2) is 4.79 Å². The maximum atomic E-state index is 11.2. The summed E-state index contributed by atoms with van der Waals surface area (Å²) < 4.78 is 4.88. The van der Waals surface area contributed by atoms with Gasteiger partial charge in [0.2, 0.25) is 0 Å². The highest BCUT2D eigenvalue weighted by molar-refractivity contribution is 5.87. The quantitative estimate of drug-likeness (QED) is 0.691. The molecule has 4 nitrogen and oxygen atoms in total. The van der Waals surface area contributed by atoms with Gasteiger partial charge < -0.3 is 9.72 Å². The molecular formula is C9H11NO3. The van der Waals surface area contributed by atoms with E-state index in [1.807, 2.05) is 0 Å². The lowest BCUT2D eigenvalue weighted by Crippen LogP contribution is -2.15. The first-order valence-corrected chi connectivity index (χ1v) is 3.99. The lowest BCUT2D eigenvalue weighted by Gasteiger charge is -2.06. The number of carbonyl (C=O) groups excluding carboxylic acids is 1. The third-order valence-electron chi connectivity index (χ3n) is 1.34. The van der Waals surface area contributed by atoms with Crippen molar-refractivity contribution in [1.29, 1.82) is 0 Å². The summed E-state index contributed by atoms with van der Waals surface area (Å²) in [5.74, 6) is -0.507. The van der Waals surface area contributed by atoms with Crippen LogP contribution in [0.3, 0.4) is 0 Å². The number of aromatic nitrogens is 1. The molecule has 0 spiro atoms. The summed E-state index contributed by atoms with van der Waals surface area (Å²) in [4.78, 5) is 24.7. The smallest absolute Gasteiger partial charge is 0.355 e. The number of rotatable bonds is 2. The van der Waals surface area contributed by atoms with E-state index in [1.54, 1.807) is 13.8 Å². The molecule has 0 aromatic carbocycles. The van der Waals surface area contributed by atoms with Crippen LogP contribution in [0.5, 0.6) is 0 Å². The third-order valence-corrected chi connectivity index (χ3v) is 1.34. The molecule has 0 unspecified atom stereocenters. The van der Waals surface area contributed by atoms with Crippen molar-refractivity contribution in [2.45, 2.75) is 20.0 Å². The zero-order valence-electron chi connectivity index (χ0n) is 7.53. The van der Waals surface area contributed by atoms with E-state index in [-0.39, 0.29) is 17.2 Å². The largest absolute Gasteiger partial charge is 0.458 e. The van der Waals surface area contributed by atoms with Gasteiger partial charge in [-0.3, -0.25) is 4.79 Å². The van der Waals surface area contributed by atoms with Gasteiger partial charge in [0.1, 0.15) is 5.69 Å². The molecule has 1 aromatic rings. The molecular weight excluding hydrogens is 170 g/mol. The van der Waals surface area contributed by atoms with Gasteiger partial charge in [-0.15, -0.1) is 0 Å². The number of hydrogen-bond acceptors (Lipinski definition) is 3. The molecule has 0 aliphatic rings. The Balaban J connectivity index is 2.83. The normalized spacial score (nSPS) is 10.1. The van der Waals surface area contributed by atoms with Crippen molar-refractivity contribution in [3.05, 3.63) is 34.2 Å². The second-order valence-electron chi connectivity index (χ2n) is 2.89. The Morgan fingerprint density at radius 1 is 1.54 bits per heavy atom. The standard InChI is InChI=1S/C9H11NO3/c1-6(2)13-9(12)8-5-7(11)3-4-10-8/h3-6H,1-2H3,(H,10,11). The van der Waals surface area contributed by atoms with Crippen LogP contribution in [-0.4, -0.2) is 17.1 Å². The van der Waals surface area contributed by atoms with E-state index < -0.39 is 5.97 Å². The summed E-state index contributed by atoms with van der Waals surface area (Å²) in [5, 5.41) is 0. The first-order valence-electron chi connectivity index (χ1n) is 3.99. The molecule has 0 amide bonds. The van der Waals surface area contributed by atoms with Gasteiger partial charge in [-0.1, -0.05) is 0 Å². The molecule has 0 aliphatic heterocycles.